The van der Waals surface area contributed by atoms with Crippen LogP contribution < -0.4 is 5.73 Å². The lowest BCUT2D eigenvalue weighted by molar-refractivity contribution is -0.141. The van der Waals surface area contributed by atoms with Crippen molar-refractivity contribution in [3.8, 4) is 0 Å². The highest BCUT2D eigenvalue weighted by Gasteiger charge is 2.45. The number of nitrogens with two attached hydrogens (primary N) is 1. The largest absolute Gasteiger partial charge is 0.409 e. The minimum Gasteiger partial charge on any atom is -0.409 e. The topological polar surface area (TPSA) is 78.9 Å². The molecular formula is C16H31N3O2. The van der Waals surface area contributed by atoms with E-state index in [-0.39, 0.29) is 17.8 Å². The molecule has 0 aromatic heterocycles. The Labute approximate surface area is 128 Å². The Morgan fingerprint density at radius 1 is 1.29 bits per heavy atom. The van der Waals surface area contributed by atoms with Gasteiger partial charge in [0.2, 0.25) is 5.91 Å². The van der Waals surface area contributed by atoms with Gasteiger partial charge in [0, 0.05) is 12.6 Å². The zero-order chi connectivity index (χ0) is 15.9. The third kappa shape index (κ3) is 3.89. The number of amidine groups is 1. The normalized spacial score (nSPS) is 21.2. The average molecular weight is 297 g/mol. The molecule has 0 saturated carbocycles. The summed E-state index contributed by atoms with van der Waals surface area (Å²) in [5.74, 6) is 0.128. The van der Waals surface area contributed by atoms with E-state index in [1.165, 1.54) is 12.8 Å². The van der Waals surface area contributed by atoms with Crippen molar-refractivity contribution in [2.45, 2.75) is 78.2 Å². The summed E-state index contributed by atoms with van der Waals surface area (Å²) in [5.41, 5.74) is 5.13. The molecule has 1 unspecified atom stereocenters. The predicted molar refractivity (Wildman–Crippen MR) is 85.3 cm³/mol. The minimum absolute atomic E-state index is 0.0518. The molecule has 0 aromatic rings. The van der Waals surface area contributed by atoms with E-state index >= 15 is 0 Å². The van der Waals surface area contributed by atoms with Gasteiger partial charge in [-0.3, -0.25) is 4.79 Å². The number of carbonyl (C=O) groups excluding carboxylic acids is 1. The average Bonchev–Trinajstić information content (AvgIpc) is 2.69. The highest BCUT2D eigenvalue weighted by molar-refractivity contribution is 6.06. The lowest BCUT2D eigenvalue weighted by atomic mass is 9.76. The van der Waals surface area contributed by atoms with E-state index in [2.05, 4.69) is 12.1 Å². The van der Waals surface area contributed by atoms with E-state index < -0.39 is 5.41 Å². The fourth-order valence-corrected chi connectivity index (χ4v) is 3.51. The van der Waals surface area contributed by atoms with Crippen molar-refractivity contribution >= 4 is 11.7 Å². The molecule has 0 bridgehead atoms. The Hall–Kier alpha value is -1.26. The Bertz CT molecular complexity index is 363. The number of oxime groups is 1. The van der Waals surface area contributed by atoms with E-state index in [0.717, 1.165) is 32.2 Å². The van der Waals surface area contributed by atoms with E-state index in [9.17, 15) is 10.0 Å². The van der Waals surface area contributed by atoms with Crippen molar-refractivity contribution in [2.75, 3.05) is 6.54 Å². The highest BCUT2D eigenvalue weighted by atomic mass is 16.4. The maximum atomic E-state index is 13.2. The van der Waals surface area contributed by atoms with Crippen molar-refractivity contribution in [3.05, 3.63) is 0 Å². The fourth-order valence-electron chi connectivity index (χ4n) is 3.51. The fraction of sp³-hybridized carbons (Fsp3) is 0.875. The van der Waals surface area contributed by atoms with Crippen molar-refractivity contribution < 1.29 is 10.0 Å². The van der Waals surface area contributed by atoms with Gasteiger partial charge >= 0.3 is 0 Å². The summed E-state index contributed by atoms with van der Waals surface area (Å²) in [7, 11) is 0. The number of amides is 1. The van der Waals surface area contributed by atoms with Crippen LogP contribution in [0, 0.1) is 5.41 Å². The van der Waals surface area contributed by atoms with Crippen LogP contribution >= 0.6 is 0 Å². The van der Waals surface area contributed by atoms with Crippen molar-refractivity contribution in [2.24, 2.45) is 16.3 Å². The van der Waals surface area contributed by atoms with Gasteiger partial charge in [-0.15, -0.1) is 0 Å². The molecule has 1 aliphatic rings. The van der Waals surface area contributed by atoms with Gasteiger partial charge in [-0.1, -0.05) is 44.7 Å². The van der Waals surface area contributed by atoms with Gasteiger partial charge in [-0.2, -0.15) is 0 Å². The number of nitrogens with zero attached hydrogens (tertiary/aromatic N) is 2. The van der Waals surface area contributed by atoms with Gasteiger partial charge in [-0.05, 0) is 32.6 Å². The number of rotatable bonds is 6. The quantitative estimate of drug-likeness (QED) is 0.342. The zero-order valence-electron chi connectivity index (χ0n) is 13.8. The summed E-state index contributed by atoms with van der Waals surface area (Å²) in [4.78, 5) is 15.2. The van der Waals surface area contributed by atoms with Crippen molar-refractivity contribution in [3.63, 3.8) is 0 Å². The second kappa shape index (κ2) is 8.25. The van der Waals surface area contributed by atoms with Gasteiger partial charge in [-0.25, -0.2) is 0 Å². The molecule has 0 aliphatic carbocycles. The first-order valence-electron chi connectivity index (χ1n) is 8.32. The lowest BCUT2D eigenvalue weighted by Crippen LogP contribution is -2.53. The second-order valence-corrected chi connectivity index (χ2v) is 6.26. The number of hydrogen-bond donors (Lipinski definition) is 2. The predicted octanol–water partition coefficient (Wildman–Crippen LogP) is 3.11. The Morgan fingerprint density at radius 3 is 2.43 bits per heavy atom. The van der Waals surface area contributed by atoms with Crippen molar-refractivity contribution in [1.82, 2.24) is 4.90 Å². The van der Waals surface area contributed by atoms with E-state index in [0.29, 0.717) is 12.8 Å². The number of likely N-dealkylation sites (tertiary alicyclic amines) is 1. The summed E-state index contributed by atoms with van der Waals surface area (Å²) < 4.78 is 0. The van der Waals surface area contributed by atoms with Crippen LogP contribution in [0.5, 0.6) is 0 Å². The van der Waals surface area contributed by atoms with E-state index in [1.807, 2.05) is 18.7 Å². The Morgan fingerprint density at radius 2 is 1.90 bits per heavy atom. The molecule has 0 spiro atoms. The first kappa shape index (κ1) is 17.8. The maximum Gasteiger partial charge on any atom is 0.236 e. The van der Waals surface area contributed by atoms with Crippen molar-refractivity contribution in [1.29, 1.82) is 0 Å². The second-order valence-electron chi connectivity index (χ2n) is 6.26. The molecule has 1 amide bonds. The molecule has 1 rings (SSSR count). The Balaban J connectivity index is 3.12. The molecule has 3 N–H and O–H groups in total. The third-order valence-electron chi connectivity index (χ3n) is 4.67. The number of carbonyl (C=O) groups is 1. The van der Waals surface area contributed by atoms with Crippen LogP contribution in [0.15, 0.2) is 5.16 Å². The standard InChI is InChI=1S/C16H31N3O2/c1-4-10-16(11-5-2,14(17)18-21)15(20)19-12-8-6-7-9-13(19)3/h13,21H,4-12H2,1-3H3,(H2,17,18). The van der Waals surface area contributed by atoms with Gasteiger partial charge in [0.1, 0.15) is 5.41 Å². The first-order valence-corrected chi connectivity index (χ1v) is 8.32. The summed E-state index contributed by atoms with van der Waals surface area (Å²) in [6, 6.07) is 0.236. The van der Waals surface area contributed by atoms with Crippen LogP contribution in [0.1, 0.15) is 72.1 Å². The highest BCUT2D eigenvalue weighted by Crippen LogP contribution is 2.34. The lowest BCUT2D eigenvalue weighted by Gasteiger charge is -2.38. The summed E-state index contributed by atoms with van der Waals surface area (Å²) in [6.07, 6.45) is 7.37. The molecule has 1 aliphatic heterocycles. The van der Waals surface area contributed by atoms with Gasteiger partial charge in [0.15, 0.2) is 5.84 Å². The Kier molecular flexibility index (Phi) is 6.99. The van der Waals surface area contributed by atoms with E-state index in [4.69, 9.17) is 5.73 Å². The molecule has 0 radical (unpaired) electrons. The summed E-state index contributed by atoms with van der Waals surface area (Å²) in [5, 5.41) is 12.4. The maximum absolute atomic E-state index is 13.2. The van der Waals surface area contributed by atoms with Crippen LogP contribution in [0.4, 0.5) is 0 Å². The molecule has 1 atom stereocenters. The number of hydrogen-bond acceptors (Lipinski definition) is 3. The molecule has 1 saturated heterocycles. The summed E-state index contributed by atoms with van der Waals surface area (Å²) in [6.45, 7) is 6.97. The van der Waals surface area contributed by atoms with Crippen LogP contribution in [0.25, 0.3) is 0 Å². The molecule has 5 nitrogen and oxygen atoms in total. The van der Waals surface area contributed by atoms with Crippen LogP contribution in [0.2, 0.25) is 0 Å². The minimum atomic E-state index is -0.836. The SMILES string of the molecule is CCCC(CCC)(C(=O)N1CCCCCC1C)C(N)=NO. The molecular weight excluding hydrogens is 266 g/mol. The molecule has 0 aromatic carbocycles. The van der Waals surface area contributed by atoms with Crippen LogP contribution in [-0.4, -0.2) is 34.4 Å². The smallest absolute Gasteiger partial charge is 0.236 e. The molecule has 1 heterocycles. The van der Waals surface area contributed by atoms with E-state index in [1.54, 1.807) is 0 Å². The summed E-state index contributed by atoms with van der Waals surface area (Å²) >= 11 is 0. The van der Waals surface area contributed by atoms with Gasteiger partial charge in [0.25, 0.3) is 0 Å². The van der Waals surface area contributed by atoms with Gasteiger partial charge in [0.05, 0.1) is 0 Å². The molecule has 122 valence electrons. The van der Waals surface area contributed by atoms with Gasteiger partial charge < -0.3 is 15.8 Å². The van der Waals surface area contributed by atoms with Crippen LogP contribution in [-0.2, 0) is 4.79 Å². The molecule has 5 heteroatoms. The first-order chi connectivity index (χ1) is 10.0. The van der Waals surface area contributed by atoms with Crippen LogP contribution in [0.3, 0.4) is 0 Å². The monoisotopic (exact) mass is 297 g/mol. The third-order valence-corrected chi connectivity index (χ3v) is 4.67. The zero-order valence-corrected chi connectivity index (χ0v) is 13.8. The molecule has 1 fully saturated rings. The molecule has 21 heavy (non-hydrogen) atoms.